The number of esters is 2. The van der Waals surface area contributed by atoms with Gasteiger partial charge in [-0.3, -0.25) is 14.2 Å². The molecule has 0 bridgehead atoms. The van der Waals surface area contributed by atoms with E-state index in [2.05, 4.69) is 22.6 Å². The molecule has 2 heterocycles. The van der Waals surface area contributed by atoms with Crippen molar-refractivity contribution in [3.8, 4) is 0 Å². The van der Waals surface area contributed by atoms with Gasteiger partial charge >= 0.3 is 28.1 Å². The largest absolute Gasteiger partial charge is 0.460 e. The number of carbonyl (C=O) groups is 2. The molecule has 0 aliphatic carbocycles. The fourth-order valence-corrected chi connectivity index (χ4v) is 8.44. The monoisotopic (exact) mass is 916 g/mol. The lowest BCUT2D eigenvalue weighted by Gasteiger charge is -2.41. The molecule has 0 spiro atoms. The number of ether oxygens (including phenoxy) is 6. The fourth-order valence-electron chi connectivity index (χ4n) is 5.25. The molecule has 2 fully saturated rings. The average Bonchev–Trinajstić information content (AvgIpc) is 2.94. The van der Waals surface area contributed by atoms with Crippen molar-refractivity contribution in [3.63, 3.8) is 0 Å². The Morgan fingerprint density at radius 1 is 0.642 bits per heavy atom. The molecular formula is C36H71IO14P2. The van der Waals surface area contributed by atoms with Gasteiger partial charge in [-0.15, -0.1) is 0 Å². The van der Waals surface area contributed by atoms with Crippen LogP contribution in [0.3, 0.4) is 0 Å². The highest BCUT2D eigenvalue weighted by molar-refractivity contribution is 14.1. The van der Waals surface area contributed by atoms with Crippen molar-refractivity contribution in [2.24, 2.45) is 0 Å². The van der Waals surface area contributed by atoms with Gasteiger partial charge in [0.25, 0.3) is 0 Å². The van der Waals surface area contributed by atoms with Gasteiger partial charge in [0.15, 0.2) is 11.6 Å². The van der Waals surface area contributed by atoms with Crippen LogP contribution >= 0.6 is 38.8 Å². The maximum atomic E-state index is 12.8. The number of hydrogen-bond acceptors (Lipinski definition) is 14. The maximum absolute atomic E-state index is 12.8. The van der Waals surface area contributed by atoms with Crippen LogP contribution in [0.2, 0.25) is 0 Å². The molecule has 0 aromatic carbocycles. The van der Waals surface area contributed by atoms with Crippen molar-refractivity contribution in [2.45, 2.75) is 177 Å². The number of halogens is 1. The minimum Gasteiger partial charge on any atom is -0.460 e. The summed E-state index contributed by atoms with van der Waals surface area (Å²) in [6.45, 7) is 30.2. The molecule has 2 rings (SSSR count). The van der Waals surface area contributed by atoms with E-state index in [4.69, 9.17) is 51.0 Å². The Labute approximate surface area is 335 Å². The standard InChI is InChI=1S/C17H33O7P.C13H23IO4.C6H15O3P/c1-8-20-25(19,21-9-2)12-14-10-13(22-17(6,7)23-14)11-15(18)24-16(3,4)5;1-12(2,3)18-11(15)7-9-6-10(8-14)17-13(4,5)16-9;1-4-7-10(8-5-2)9-6-3/h13-14H,8-12H2,1-7H3;9-10H,6-8H2,1-5H3;4-6H2,1-3H3/t13-,14+;9-,10+;/m11./s1. The number of hydrogen-bond donors (Lipinski definition) is 0. The average molecular weight is 917 g/mol. The summed E-state index contributed by atoms with van der Waals surface area (Å²) >= 11 is 2.29. The zero-order chi connectivity index (χ0) is 41.1. The first-order valence-corrected chi connectivity index (χ1v) is 23.0. The van der Waals surface area contributed by atoms with E-state index in [1.165, 1.54) is 0 Å². The number of rotatable bonds is 17. The highest BCUT2D eigenvalue weighted by Gasteiger charge is 2.41. The summed E-state index contributed by atoms with van der Waals surface area (Å²) in [6, 6.07) is 0. The lowest BCUT2D eigenvalue weighted by molar-refractivity contribution is -0.296. The van der Waals surface area contributed by atoms with Crippen LogP contribution in [0, 0.1) is 0 Å². The Morgan fingerprint density at radius 2 is 0.981 bits per heavy atom. The highest BCUT2D eigenvalue weighted by Crippen LogP contribution is 2.50. The van der Waals surface area contributed by atoms with Crippen molar-refractivity contribution in [1.82, 2.24) is 0 Å². The predicted molar refractivity (Wildman–Crippen MR) is 214 cm³/mol. The van der Waals surface area contributed by atoms with Gasteiger partial charge in [0.2, 0.25) is 0 Å². The lowest BCUT2D eigenvalue weighted by atomic mass is 10.1. The summed E-state index contributed by atoms with van der Waals surface area (Å²) in [5.74, 6) is -2.05. The third-order valence-corrected chi connectivity index (χ3v) is 11.0. The van der Waals surface area contributed by atoms with E-state index >= 15 is 0 Å². The summed E-state index contributed by atoms with van der Waals surface area (Å²) in [7, 11) is -4.30. The normalized spacial score (nSPS) is 22.9. The minimum absolute atomic E-state index is 0.119. The van der Waals surface area contributed by atoms with Crippen LogP contribution in [0.25, 0.3) is 0 Å². The zero-order valence-electron chi connectivity index (χ0n) is 35.1. The third-order valence-electron chi connectivity index (χ3n) is 6.44. The van der Waals surface area contributed by atoms with Gasteiger partial charge in [-0.25, -0.2) is 0 Å². The summed E-state index contributed by atoms with van der Waals surface area (Å²) < 4.78 is 73.7. The highest BCUT2D eigenvalue weighted by atomic mass is 127. The van der Waals surface area contributed by atoms with Gasteiger partial charge in [-0.05, 0) is 104 Å². The van der Waals surface area contributed by atoms with E-state index in [9.17, 15) is 14.2 Å². The van der Waals surface area contributed by atoms with E-state index in [0.29, 0.717) is 39.5 Å². The van der Waals surface area contributed by atoms with Crippen LogP contribution in [-0.4, -0.2) is 103 Å². The fraction of sp³-hybridized carbons (Fsp3) is 0.944. The molecule has 0 N–H and O–H groups in total. The molecule has 0 unspecified atom stereocenters. The van der Waals surface area contributed by atoms with Crippen LogP contribution < -0.4 is 0 Å². The molecule has 2 aliphatic heterocycles. The van der Waals surface area contributed by atoms with Gasteiger partial charge < -0.3 is 51.0 Å². The Hall–Kier alpha value is -0.0300. The van der Waals surface area contributed by atoms with Gasteiger partial charge in [-0.2, -0.15) is 0 Å². The molecule has 53 heavy (non-hydrogen) atoms. The minimum atomic E-state index is -3.24. The van der Waals surface area contributed by atoms with Crippen molar-refractivity contribution in [3.05, 3.63) is 0 Å². The van der Waals surface area contributed by atoms with Crippen molar-refractivity contribution < 1.29 is 65.2 Å². The van der Waals surface area contributed by atoms with Crippen molar-refractivity contribution >= 4 is 50.7 Å². The zero-order valence-corrected chi connectivity index (χ0v) is 39.0. The summed E-state index contributed by atoms with van der Waals surface area (Å²) in [5, 5.41) is 0. The molecule has 4 atom stereocenters. The van der Waals surface area contributed by atoms with E-state index in [0.717, 1.165) is 10.8 Å². The van der Waals surface area contributed by atoms with Crippen LogP contribution in [0.1, 0.15) is 130 Å². The van der Waals surface area contributed by atoms with E-state index in [-0.39, 0.29) is 55.4 Å². The molecule has 0 aromatic heterocycles. The predicted octanol–water partition coefficient (Wildman–Crippen LogP) is 9.28. The van der Waals surface area contributed by atoms with E-state index < -0.39 is 39.0 Å². The van der Waals surface area contributed by atoms with Crippen molar-refractivity contribution in [1.29, 1.82) is 0 Å². The second kappa shape index (κ2) is 25.4. The summed E-state index contributed by atoms with van der Waals surface area (Å²) in [4.78, 5) is 23.9. The molecule has 17 heteroatoms. The Bertz CT molecular complexity index is 1060. The maximum Gasteiger partial charge on any atom is 0.333 e. The van der Waals surface area contributed by atoms with Crippen LogP contribution in [0.5, 0.6) is 0 Å². The Kier molecular flexibility index (Phi) is 25.3. The number of carbonyl (C=O) groups excluding carboxylic acids is 2. The van der Waals surface area contributed by atoms with Gasteiger partial charge in [-0.1, -0.05) is 22.6 Å². The van der Waals surface area contributed by atoms with Crippen molar-refractivity contribution in [2.75, 3.05) is 43.6 Å². The first-order chi connectivity index (χ1) is 24.3. The topological polar surface area (TPSA) is 153 Å². The van der Waals surface area contributed by atoms with Crippen LogP contribution in [-0.2, 0) is 65.2 Å². The van der Waals surface area contributed by atoms with Gasteiger partial charge in [0, 0.05) is 17.3 Å². The second-order valence-corrected chi connectivity index (χ2v) is 19.3. The number of alkyl halides is 1. The molecular weight excluding hydrogens is 845 g/mol. The molecule has 0 aromatic rings. The van der Waals surface area contributed by atoms with Crippen LogP contribution in [0.15, 0.2) is 0 Å². The first-order valence-electron chi connectivity index (χ1n) is 18.6. The second-order valence-electron chi connectivity index (χ2n) is 15.1. The molecule has 2 saturated heterocycles. The van der Waals surface area contributed by atoms with Crippen LogP contribution in [0.4, 0.5) is 0 Å². The first kappa shape index (κ1) is 53.0. The summed E-state index contributed by atoms with van der Waals surface area (Å²) in [6.07, 6.45) is 0.960. The molecule has 0 amide bonds. The van der Waals surface area contributed by atoms with Gasteiger partial charge in [0.05, 0.1) is 76.5 Å². The van der Waals surface area contributed by atoms with Gasteiger partial charge in [0.1, 0.15) is 11.2 Å². The molecule has 14 nitrogen and oxygen atoms in total. The SMILES string of the molecule is CC(C)(C)OC(=O)C[C@H]1C[C@@H](CI)OC(C)(C)O1.CCOP(=O)(C[C@@H]1C[C@H](CC(=O)OC(C)(C)C)OC(C)(C)O1)OCC.CCOP(OCC)OCC. The Morgan fingerprint density at radius 3 is 1.30 bits per heavy atom. The molecule has 316 valence electrons. The van der Waals surface area contributed by atoms with E-state index in [1.54, 1.807) is 27.7 Å². The Balaban J connectivity index is 0.000000841. The molecule has 2 aliphatic rings. The molecule has 0 saturated carbocycles. The third kappa shape index (κ3) is 26.5. The lowest BCUT2D eigenvalue weighted by Crippen LogP contribution is -2.47. The van der Waals surface area contributed by atoms with E-state index in [1.807, 2.05) is 76.2 Å². The smallest absolute Gasteiger partial charge is 0.333 e. The quantitative estimate of drug-likeness (QED) is 0.0590. The summed E-state index contributed by atoms with van der Waals surface area (Å²) in [5.41, 5.74) is -0.989. The molecule has 0 radical (unpaired) electrons.